The number of benzene rings is 1. The molecule has 0 radical (unpaired) electrons. The van der Waals surface area contributed by atoms with Crippen molar-refractivity contribution in [1.29, 1.82) is 0 Å². The summed E-state index contributed by atoms with van der Waals surface area (Å²) in [7, 11) is 0. The van der Waals surface area contributed by atoms with Crippen LogP contribution in [0.5, 0.6) is 0 Å². The van der Waals surface area contributed by atoms with E-state index in [0.29, 0.717) is 28.3 Å². The maximum absolute atomic E-state index is 12.6. The van der Waals surface area contributed by atoms with Crippen molar-refractivity contribution in [3.05, 3.63) is 62.0 Å². The zero-order valence-corrected chi connectivity index (χ0v) is 14.7. The topological polar surface area (TPSA) is 55.2 Å². The quantitative estimate of drug-likeness (QED) is 0.701. The fourth-order valence-corrected chi connectivity index (χ4v) is 3.62. The number of hydrogen-bond donors (Lipinski definition) is 0. The molecule has 3 aromatic rings. The molecule has 0 aliphatic rings. The molecule has 2 aromatic heterocycles. The van der Waals surface area contributed by atoms with E-state index in [-0.39, 0.29) is 17.9 Å². The van der Waals surface area contributed by atoms with E-state index in [4.69, 9.17) is 11.6 Å². The molecule has 0 fully saturated rings. The van der Waals surface area contributed by atoms with Gasteiger partial charge in [-0.25, -0.2) is 0 Å². The smallest absolute Gasteiger partial charge is 0.244 e. The van der Waals surface area contributed by atoms with E-state index < -0.39 is 0 Å². The van der Waals surface area contributed by atoms with Crippen LogP contribution in [0.2, 0.25) is 4.34 Å². The average molecular weight is 362 g/mol. The van der Waals surface area contributed by atoms with E-state index in [0.717, 1.165) is 4.88 Å². The Morgan fingerprint density at radius 1 is 1.29 bits per heavy atom. The molecule has 2 heterocycles. The highest BCUT2D eigenvalue weighted by atomic mass is 35.5. The number of fused-ring (bicyclic) bond motifs is 1. The number of thiophene rings is 1. The Bertz CT molecular complexity index is 935. The molecule has 1 amide bonds. The molecule has 0 aliphatic carbocycles. The van der Waals surface area contributed by atoms with Crippen LogP contribution in [-0.4, -0.2) is 27.1 Å². The minimum Gasteiger partial charge on any atom is -0.336 e. The second-order valence-corrected chi connectivity index (χ2v) is 7.10. The first kappa shape index (κ1) is 16.7. The third-order valence-electron chi connectivity index (χ3n) is 3.76. The molecule has 0 N–H and O–H groups in total. The highest BCUT2D eigenvalue weighted by Crippen LogP contribution is 2.22. The summed E-state index contributed by atoms with van der Waals surface area (Å²) in [6.45, 7) is 3.13. The van der Waals surface area contributed by atoms with Gasteiger partial charge in [-0.05, 0) is 31.2 Å². The third-order valence-corrected chi connectivity index (χ3v) is 4.97. The molecule has 0 saturated heterocycles. The molecule has 24 heavy (non-hydrogen) atoms. The average Bonchev–Trinajstić information content (AvgIpc) is 3.00. The monoisotopic (exact) mass is 361 g/mol. The third kappa shape index (κ3) is 3.49. The lowest BCUT2D eigenvalue weighted by molar-refractivity contribution is -0.132. The molecular weight excluding hydrogens is 346 g/mol. The van der Waals surface area contributed by atoms with Crippen molar-refractivity contribution >= 4 is 39.7 Å². The molecule has 5 nitrogen and oxygen atoms in total. The van der Waals surface area contributed by atoms with Crippen molar-refractivity contribution in [3.63, 3.8) is 0 Å². The summed E-state index contributed by atoms with van der Waals surface area (Å²) in [4.78, 5) is 27.3. The SMILES string of the molecule is CCN(Cc1ccc(Cl)s1)C(=O)Cn1ncc(=O)c2ccccc21. The standard InChI is InChI=1S/C17H16ClN3O2S/c1-2-20(10-12-7-8-16(18)24-12)17(23)11-21-14-6-4-3-5-13(14)15(22)9-19-21/h3-9H,2,10-11H2,1H3. The van der Waals surface area contributed by atoms with Gasteiger partial charge < -0.3 is 4.90 Å². The van der Waals surface area contributed by atoms with Crippen LogP contribution in [0.25, 0.3) is 10.9 Å². The zero-order chi connectivity index (χ0) is 17.1. The molecule has 124 valence electrons. The van der Waals surface area contributed by atoms with Crippen LogP contribution in [0, 0.1) is 0 Å². The molecule has 0 spiro atoms. The van der Waals surface area contributed by atoms with E-state index in [1.807, 2.05) is 25.1 Å². The number of carbonyl (C=O) groups is 1. The first-order valence-corrected chi connectivity index (χ1v) is 8.74. The Kier molecular flexibility index (Phi) is 4.97. The summed E-state index contributed by atoms with van der Waals surface area (Å²) in [6, 6.07) is 10.9. The van der Waals surface area contributed by atoms with Crippen LogP contribution >= 0.6 is 22.9 Å². The summed E-state index contributed by atoms with van der Waals surface area (Å²) in [6.07, 6.45) is 1.25. The van der Waals surface area contributed by atoms with Gasteiger partial charge in [-0.15, -0.1) is 11.3 Å². The van der Waals surface area contributed by atoms with Crippen molar-refractivity contribution < 1.29 is 4.79 Å². The Hall–Kier alpha value is -2.18. The number of para-hydroxylation sites is 1. The Labute approximate surface area is 148 Å². The van der Waals surface area contributed by atoms with Gasteiger partial charge >= 0.3 is 0 Å². The Morgan fingerprint density at radius 3 is 2.79 bits per heavy atom. The predicted octanol–water partition coefficient (Wildman–Crippen LogP) is 3.16. The van der Waals surface area contributed by atoms with Crippen molar-refractivity contribution in [2.45, 2.75) is 20.0 Å². The molecule has 1 aromatic carbocycles. The molecule has 0 bridgehead atoms. The molecule has 7 heteroatoms. The highest BCUT2D eigenvalue weighted by Gasteiger charge is 2.15. The van der Waals surface area contributed by atoms with Gasteiger partial charge in [-0.3, -0.25) is 14.3 Å². The first-order chi connectivity index (χ1) is 11.6. The number of hydrogen-bond acceptors (Lipinski definition) is 4. The number of aromatic nitrogens is 2. The lowest BCUT2D eigenvalue weighted by Crippen LogP contribution is -2.33. The maximum Gasteiger partial charge on any atom is 0.244 e. The van der Waals surface area contributed by atoms with E-state index >= 15 is 0 Å². The van der Waals surface area contributed by atoms with E-state index in [9.17, 15) is 9.59 Å². The Balaban J connectivity index is 1.83. The minimum absolute atomic E-state index is 0.0525. The van der Waals surface area contributed by atoms with Gasteiger partial charge in [0.2, 0.25) is 11.3 Å². The predicted molar refractivity (Wildman–Crippen MR) is 96.4 cm³/mol. The molecule has 0 aliphatic heterocycles. The van der Waals surface area contributed by atoms with E-state index in [2.05, 4.69) is 5.10 Å². The van der Waals surface area contributed by atoms with E-state index in [1.54, 1.807) is 27.8 Å². The van der Waals surface area contributed by atoms with Crippen LogP contribution in [0.4, 0.5) is 0 Å². The number of rotatable bonds is 5. The van der Waals surface area contributed by atoms with Gasteiger partial charge in [-0.2, -0.15) is 5.10 Å². The van der Waals surface area contributed by atoms with Crippen LogP contribution in [0.15, 0.2) is 47.4 Å². The maximum atomic E-state index is 12.6. The molecular formula is C17H16ClN3O2S. The fourth-order valence-electron chi connectivity index (χ4n) is 2.52. The number of carbonyl (C=O) groups excluding carboxylic acids is 1. The largest absolute Gasteiger partial charge is 0.336 e. The fraction of sp³-hybridized carbons (Fsp3) is 0.235. The minimum atomic E-state index is -0.144. The van der Waals surface area contributed by atoms with Crippen molar-refractivity contribution in [2.75, 3.05) is 6.54 Å². The van der Waals surface area contributed by atoms with Crippen LogP contribution in [0.1, 0.15) is 11.8 Å². The van der Waals surface area contributed by atoms with Gasteiger partial charge in [0.05, 0.1) is 22.6 Å². The Morgan fingerprint density at radius 2 is 2.08 bits per heavy atom. The van der Waals surface area contributed by atoms with Gasteiger partial charge in [0.15, 0.2) is 0 Å². The number of nitrogens with zero attached hydrogens (tertiary/aromatic N) is 3. The second kappa shape index (κ2) is 7.15. The second-order valence-electron chi connectivity index (χ2n) is 5.30. The normalized spacial score (nSPS) is 10.9. The van der Waals surface area contributed by atoms with Gasteiger partial charge in [-0.1, -0.05) is 23.7 Å². The summed E-state index contributed by atoms with van der Waals surface area (Å²) >= 11 is 7.42. The molecule has 3 rings (SSSR count). The summed E-state index contributed by atoms with van der Waals surface area (Å²) in [5.74, 6) is -0.0525. The number of likely N-dealkylation sites (N-methyl/N-ethyl adjacent to an activating group) is 1. The van der Waals surface area contributed by atoms with Crippen LogP contribution in [0.3, 0.4) is 0 Å². The van der Waals surface area contributed by atoms with Gasteiger partial charge in [0, 0.05) is 16.8 Å². The lowest BCUT2D eigenvalue weighted by Gasteiger charge is -2.21. The number of halogens is 1. The first-order valence-electron chi connectivity index (χ1n) is 7.55. The molecule has 0 atom stereocenters. The highest BCUT2D eigenvalue weighted by molar-refractivity contribution is 7.16. The van der Waals surface area contributed by atoms with Crippen LogP contribution in [-0.2, 0) is 17.9 Å². The van der Waals surface area contributed by atoms with Gasteiger partial charge in [0.1, 0.15) is 6.54 Å². The summed E-state index contributed by atoms with van der Waals surface area (Å²) in [5, 5.41) is 4.68. The summed E-state index contributed by atoms with van der Waals surface area (Å²) in [5.41, 5.74) is 0.517. The number of amides is 1. The van der Waals surface area contributed by atoms with E-state index in [1.165, 1.54) is 17.5 Å². The van der Waals surface area contributed by atoms with Crippen molar-refractivity contribution in [3.8, 4) is 0 Å². The lowest BCUT2D eigenvalue weighted by atomic mass is 10.2. The zero-order valence-electron chi connectivity index (χ0n) is 13.1. The van der Waals surface area contributed by atoms with Gasteiger partial charge in [0.25, 0.3) is 0 Å². The van der Waals surface area contributed by atoms with Crippen LogP contribution < -0.4 is 5.43 Å². The summed E-state index contributed by atoms with van der Waals surface area (Å²) < 4.78 is 2.28. The molecule has 0 unspecified atom stereocenters. The molecule has 0 saturated carbocycles. The van der Waals surface area contributed by atoms with Crippen molar-refractivity contribution in [2.24, 2.45) is 0 Å². The van der Waals surface area contributed by atoms with Crippen molar-refractivity contribution in [1.82, 2.24) is 14.7 Å².